The van der Waals surface area contributed by atoms with E-state index in [4.69, 9.17) is 33.0 Å². The second-order valence-corrected chi connectivity index (χ2v) is 6.66. The summed E-state index contributed by atoms with van der Waals surface area (Å²) < 4.78 is 5.93. The van der Waals surface area contributed by atoms with E-state index in [9.17, 15) is 4.79 Å². The van der Waals surface area contributed by atoms with Crippen molar-refractivity contribution in [2.45, 2.75) is 13.2 Å². The predicted molar refractivity (Wildman–Crippen MR) is 108 cm³/mol. The standard InChI is InChI=1S/C21H17Cl2NO3/c22-17-7-3-1-6-16(17)13-27-20-8-4-2-5-15(20)12-24-19-11-14(21(25)26)9-10-18(19)23/h1-11,24H,12-13H2,(H,25,26). The molecule has 6 heteroatoms. The molecule has 0 saturated heterocycles. The molecule has 2 N–H and O–H groups in total. The lowest BCUT2D eigenvalue weighted by molar-refractivity contribution is 0.0697. The van der Waals surface area contributed by atoms with Crippen molar-refractivity contribution >= 4 is 34.9 Å². The van der Waals surface area contributed by atoms with Crippen LogP contribution in [0.5, 0.6) is 5.75 Å². The van der Waals surface area contributed by atoms with Crippen molar-refractivity contribution in [2.24, 2.45) is 0 Å². The number of carboxylic acid groups (broad SMARTS) is 1. The molecule has 3 rings (SSSR count). The Morgan fingerprint density at radius 1 is 0.926 bits per heavy atom. The van der Waals surface area contributed by atoms with Gasteiger partial charge < -0.3 is 15.2 Å². The lowest BCUT2D eigenvalue weighted by Gasteiger charge is -2.14. The number of nitrogens with one attached hydrogen (secondary N) is 1. The minimum atomic E-state index is -1.00. The highest BCUT2D eigenvalue weighted by molar-refractivity contribution is 6.33. The van der Waals surface area contributed by atoms with Gasteiger partial charge in [-0.05, 0) is 30.3 Å². The maximum absolute atomic E-state index is 11.1. The topological polar surface area (TPSA) is 58.6 Å². The predicted octanol–water partition coefficient (Wildman–Crippen LogP) is 5.88. The number of aromatic carboxylic acids is 1. The Kier molecular flexibility index (Phi) is 6.22. The number of para-hydroxylation sites is 1. The first-order valence-electron chi connectivity index (χ1n) is 8.25. The van der Waals surface area contributed by atoms with Crippen LogP contribution in [0.15, 0.2) is 66.7 Å². The summed E-state index contributed by atoms with van der Waals surface area (Å²) in [5, 5.41) is 13.4. The molecule has 0 atom stereocenters. The number of carboxylic acids is 1. The molecule has 0 aliphatic carbocycles. The summed E-state index contributed by atoms with van der Waals surface area (Å²) in [4.78, 5) is 11.1. The number of hydrogen-bond donors (Lipinski definition) is 2. The maximum atomic E-state index is 11.1. The van der Waals surface area contributed by atoms with Crippen molar-refractivity contribution in [1.82, 2.24) is 0 Å². The highest BCUT2D eigenvalue weighted by atomic mass is 35.5. The van der Waals surface area contributed by atoms with Crippen LogP contribution in [0.25, 0.3) is 0 Å². The Morgan fingerprint density at radius 2 is 1.63 bits per heavy atom. The van der Waals surface area contributed by atoms with Crippen molar-refractivity contribution in [3.05, 3.63) is 93.5 Å². The molecule has 0 unspecified atom stereocenters. The van der Waals surface area contributed by atoms with Crippen LogP contribution >= 0.6 is 23.2 Å². The van der Waals surface area contributed by atoms with Crippen molar-refractivity contribution in [1.29, 1.82) is 0 Å². The first-order chi connectivity index (χ1) is 13.0. The monoisotopic (exact) mass is 401 g/mol. The summed E-state index contributed by atoms with van der Waals surface area (Å²) in [6.07, 6.45) is 0. The van der Waals surface area contributed by atoms with Crippen LogP contribution in [-0.4, -0.2) is 11.1 Å². The molecule has 0 bridgehead atoms. The number of hydrogen-bond acceptors (Lipinski definition) is 3. The largest absolute Gasteiger partial charge is 0.488 e. The number of carbonyl (C=O) groups is 1. The molecule has 0 fully saturated rings. The smallest absolute Gasteiger partial charge is 0.335 e. The minimum Gasteiger partial charge on any atom is -0.488 e. The first kappa shape index (κ1) is 19.1. The van der Waals surface area contributed by atoms with Crippen LogP contribution in [0.4, 0.5) is 5.69 Å². The summed E-state index contributed by atoms with van der Waals surface area (Å²) >= 11 is 12.3. The van der Waals surface area contributed by atoms with Crippen LogP contribution in [0.1, 0.15) is 21.5 Å². The third-order valence-electron chi connectivity index (χ3n) is 4.00. The second-order valence-electron chi connectivity index (χ2n) is 5.84. The van der Waals surface area contributed by atoms with Gasteiger partial charge in [0.1, 0.15) is 12.4 Å². The molecule has 138 valence electrons. The zero-order valence-corrected chi connectivity index (χ0v) is 15.8. The second kappa shape index (κ2) is 8.80. The SMILES string of the molecule is O=C(O)c1ccc(Cl)c(NCc2ccccc2OCc2ccccc2Cl)c1. The fraction of sp³-hybridized carbons (Fsp3) is 0.0952. The van der Waals surface area contributed by atoms with Crippen LogP contribution in [0.2, 0.25) is 10.0 Å². The minimum absolute atomic E-state index is 0.171. The summed E-state index contributed by atoms with van der Waals surface area (Å²) in [7, 11) is 0. The summed E-state index contributed by atoms with van der Waals surface area (Å²) in [5.74, 6) is -0.284. The molecule has 0 spiro atoms. The van der Waals surface area contributed by atoms with Crippen molar-refractivity contribution in [3.63, 3.8) is 0 Å². The fourth-order valence-electron chi connectivity index (χ4n) is 2.55. The van der Waals surface area contributed by atoms with E-state index in [1.807, 2.05) is 48.5 Å². The molecule has 0 aromatic heterocycles. The van der Waals surface area contributed by atoms with Gasteiger partial charge in [-0.1, -0.05) is 59.6 Å². The molecule has 0 heterocycles. The molecule has 27 heavy (non-hydrogen) atoms. The van der Waals surface area contributed by atoms with Gasteiger partial charge in [0.2, 0.25) is 0 Å². The number of rotatable bonds is 7. The van der Waals surface area contributed by atoms with E-state index in [1.165, 1.54) is 12.1 Å². The Labute approximate surface area is 167 Å². The Bertz CT molecular complexity index is 960. The van der Waals surface area contributed by atoms with Crippen LogP contribution < -0.4 is 10.1 Å². The molecule has 3 aromatic rings. The van der Waals surface area contributed by atoms with Crippen molar-refractivity contribution < 1.29 is 14.6 Å². The molecular weight excluding hydrogens is 385 g/mol. The molecule has 0 amide bonds. The molecule has 3 aromatic carbocycles. The van der Waals surface area contributed by atoms with E-state index in [0.29, 0.717) is 28.9 Å². The van der Waals surface area contributed by atoms with E-state index in [2.05, 4.69) is 5.32 Å². The maximum Gasteiger partial charge on any atom is 0.335 e. The van der Waals surface area contributed by atoms with Gasteiger partial charge in [0.05, 0.1) is 16.3 Å². The zero-order chi connectivity index (χ0) is 19.2. The number of anilines is 1. The van der Waals surface area contributed by atoms with Crippen molar-refractivity contribution in [3.8, 4) is 5.75 Å². The third-order valence-corrected chi connectivity index (χ3v) is 4.69. The fourth-order valence-corrected chi connectivity index (χ4v) is 2.92. The van der Waals surface area contributed by atoms with Gasteiger partial charge in [0, 0.05) is 22.7 Å². The molecule has 0 aliphatic heterocycles. The summed E-state index contributed by atoms with van der Waals surface area (Å²) in [6.45, 7) is 0.785. The van der Waals surface area contributed by atoms with Crippen LogP contribution in [0, 0.1) is 0 Å². The third kappa shape index (κ3) is 4.94. The quantitative estimate of drug-likeness (QED) is 0.518. The Balaban J connectivity index is 1.72. The van der Waals surface area contributed by atoms with Gasteiger partial charge in [-0.15, -0.1) is 0 Å². The first-order valence-corrected chi connectivity index (χ1v) is 9.01. The highest BCUT2D eigenvalue weighted by Gasteiger charge is 2.09. The van der Waals surface area contributed by atoms with E-state index < -0.39 is 5.97 Å². The zero-order valence-electron chi connectivity index (χ0n) is 14.3. The van der Waals surface area contributed by atoms with Gasteiger partial charge in [0.15, 0.2) is 0 Å². The number of halogens is 2. The van der Waals surface area contributed by atoms with Gasteiger partial charge in [-0.3, -0.25) is 0 Å². The Morgan fingerprint density at radius 3 is 2.37 bits per heavy atom. The molecule has 0 radical (unpaired) electrons. The average Bonchev–Trinajstić information content (AvgIpc) is 2.67. The van der Waals surface area contributed by atoms with E-state index in [-0.39, 0.29) is 5.56 Å². The average molecular weight is 402 g/mol. The van der Waals surface area contributed by atoms with E-state index in [1.54, 1.807) is 6.07 Å². The molecule has 4 nitrogen and oxygen atoms in total. The number of benzene rings is 3. The Hall–Kier alpha value is -2.69. The van der Waals surface area contributed by atoms with Crippen LogP contribution in [-0.2, 0) is 13.2 Å². The highest BCUT2D eigenvalue weighted by Crippen LogP contribution is 2.26. The molecule has 0 aliphatic rings. The van der Waals surface area contributed by atoms with Gasteiger partial charge >= 0.3 is 5.97 Å². The molecule has 0 saturated carbocycles. The lowest BCUT2D eigenvalue weighted by atomic mass is 10.1. The van der Waals surface area contributed by atoms with E-state index in [0.717, 1.165) is 16.9 Å². The van der Waals surface area contributed by atoms with Crippen molar-refractivity contribution in [2.75, 3.05) is 5.32 Å². The number of ether oxygens (including phenoxy) is 1. The van der Waals surface area contributed by atoms with Gasteiger partial charge in [-0.2, -0.15) is 0 Å². The lowest BCUT2D eigenvalue weighted by Crippen LogP contribution is -2.05. The van der Waals surface area contributed by atoms with Gasteiger partial charge in [0.25, 0.3) is 0 Å². The van der Waals surface area contributed by atoms with Crippen LogP contribution in [0.3, 0.4) is 0 Å². The summed E-state index contributed by atoms with van der Waals surface area (Å²) in [6, 6.07) is 19.7. The normalized spacial score (nSPS) is 10.4. The van der Waals surface area contributed by atoms with E-state index >= 15 is 0 Å². The summed E-state index contributed by atoms with van der Waals surface area (Å²) in [5.41, 5.74) is 2.54. The molecular formula is C21H17Cl2NO3. The van der Waals surface area contributed by atoms with Gasteiger partial charge in [-0.25, -0.2) is 4.79 Å².